The fourth-order valence-electron chi connectivity index (χ4n) is 8.61. The molecule has 0 unspecified atom stereocenters. The van der Waals surface area contributed by atoms with Crippen molar-refractivity contribution in [2.45, 2.75) is 0 Å². The maximum absolute atomic E-state index is 9.53. The van der Waals surface area contributed by atoms with Crippen LogP contribution in [0.5, 0.6) is 0 Å². The maximum atomic E-state index is 9.53. The average molecular weight is 869 g/mol. The number of nitriles is 1. The number of rotatable bonds is 10. The van der Waals surface area contributed by atoms with E-state index in [-0.39, 0.29) is 0 Å². The predicted molar refractivity (Wildman–Crippen MR) is 274 cm³/mol. The zero-order valence-corrected chi connectivity index (χ0v) is 36.8. The molecule has 0 radical (unpaired) electrons. The van der Waals surface area contributed by atoms with Crippen LogP contribution in [0.4, 0.5) is 0 Å². The molecule has 0 spiro atoms. The fraction of sp³-hybridized carbons (Fsp3) is 0. The third-order valence-electron chi connectivity index (χ3n) is 12.0. The van der Waals surface area contributed by atoms with Crippen molar-refractivity contribution in [3.63, 3.8) is 0 Å². The third-order valence-corrected chi connectivity index (χ3v) is 12.0. The first kappa shape index (κ1) is 41.3. The monoisotopic (exact) mass is 868 g/mol. The SMILES string of the molecule is N#Cc1cccc(-c2cccc(-c3cccc(-c4nc(-c5ccccc5)nc(-c5ccc(-c6c(-c7ccccc7)cccc6-c6cc(-c7ccccc7)nc(-c7ccccc7)n6)cc5)n4)c3)c2)c1. The topological polar surface area (TPSA) is 88.2 Å². The van der Waals surface area contributed by atoms with Gasteiger partial charge in [0, 0.05) is 33.4 Å². The van der Waals surface area contributed by atoms with Gasteiger partial charge in [-0.05, 0) is 74.8 Å². The van der Waals surface area contributed by atoms with Gasteiger partial charge in [0.15, 0.2) is 23.3 Å². The lowest BCUT2D eigenvalue weighted by molar-refractivity contribution is 1.07. The number of hydrogen-bond donors (Lipinski definition) is 0. The van der Waals surface area contributed by atoms with Crippen molar-refractivity contribution in [1.82, 2.24) is 24.9 Å². The second-order valence-corrected chi connectivity index (χ2v) is 16.4. The molecule has 0 saturated heterocycles. The highest BCUT2D eigenvalue weighted by atomic mass is 15.0. The molecule has 6 nitrogen and oxygen atoms in total. The van der Waals surface area contributed by atoms with Crippen molar-refractivity contribution in [3.05, 3.63) is 248 Å². The number of benzene rings is 9. The fourth-order valence-corrected chi connectivity index (χ4v) is 8.61. The van der Waals surface area contributed by atoms with E-state index in [4.69, 9.17) is 24.9 Å². The second-order valence-electron chi connectivity index (χ2n) is 16.4. The summed E-state index contributed by atoms with van der Waals surface area (Å²) in [5.74, 6) is 2.39. The molecular weight excluding hydrogens is 829 g/mol. The summed E-state index contributed by atoms with van der Waals surface area (Å²) in [6.45, 7) is 0. The Morgan fingerprint density at radius 1 is 0.250 bits per heavy atom. The van der Waals surface area contributed by atoms with Gasteiger partial charge in [0.05, 0.1) is 23.0 Å². The van der Waals surface area contributed by atoms with E-state index in [1.165, 1.54) is 0 Å². The molecule has 0 aliphatic rings. The summed E-state index contributed by atoms with van der Waals surface area (Å²) in [6, 6.07) is 84.7. The molecule has 11 aromatic rings. The minimum atomic E-state index is 0.567. The van der Waals surface area contributed by atoms with Crippen LogP contribution in [0, 0.1) is 11.3 Å². The summed E-state index contributed by atoms with van der Waals surface area (Å²) in [5.41, 5.74) is 16.3. The van der Waals surface area contributed by atoms with Crippen molar-refractivity contribution in [2.24, 2.45) is 0 Å². The van der Waals surface area contributed by atoms with Crippen molar-refractivity contribution in [2.75, 3.05) is 0 Å². The lowest BCUT2D eigenvalue weighted by Crippen LogP contribution is -2.00. The van der Waals surface area contributed by atoms with Crippen LogP contribution in [-0.2, 0) is 0 Å². The van der Waals surface area contributed by atoms with E-state index in [0.717, 1.165) is 89.3 Å². The molecule has 0 fully saturated rings. The Morgan fingerprint density at radius 3 is 1.21 bits per heavy atom. The van der Waals surface area contributed by atoms with Gasteiger partial charge in [-0.25, -0.2) is 24.9 Å². The maximum Gasteiger partial charge on any atom is 0.164 e. The number of hydrogen-bond acceptors (Lipinski definition) is 6. The van der Waals surface area contributed by atoms with Crippen molar-refractivity contribution >= 4 is 0 Å². The van der Waals surface area contributed by atoms with Crippen molar-refractivity contribution < 1.29 is 0 Å². The minimum Gasteiger partial charge on any atom is -0.228 e. The molecule has 0 aliphatic heterocycles. The van der Waals surface area contributed by atoms with Crippen LogP contribution in [0.15, 0.2) is 243 Å². The highest BCUT2D eigenvalue weighted by Gasteiger charge is 2.19. The minimum absolute atomic E-state index is 0.567. The second kappa shape index (κ2) is 18.6. The number of aromatic nitrogens is 5. The van der Waals surface area contributed by atoms with Gasteiger partial charge in [-0.2, -0.15) is 5.26 Å². The first-order valence-corrected chi connectivity index (χ1v) is 22.5. The normalized spacial score (nSPS) is 10.9. The van der Waals surface area contributed by atoms with Gasteiger partial charge in [0.1, 0.15) is 0 Å². The van der Waals surface area contributed by atoms with Gasteiger partial charge in [-0.1, -0.05) is 212 Å². The van der Waals surface area contributed by atoms with E-state index < -0.39 is 0 Å². The zero-order valence-electron chi connectivity index (χ0n) is 36.8. The van der Waals surface area contributed by atoms with Crippen LogP contribution in [0.25, 0.3) is 113 Å². The summed E-state index contributed by atoms with van der Waals surface area (Å²) < 4.78 is 0. The summed E-state index contributed by atoms with van der Waals surface area (Å²) in [6.07, 6.45) is 0. The molecule has 0 bridgehead atoms. The first-order chi connectivity index (χ1) is 33.6. The van der Waals surface area contributed by atoms with Gasteiger partial charge in [-0.3, -0.25) is 0 Å². The molecule has 0 N–H and O–H groups in total. The van der Waals surface area contributed by atoms with Crippen LogP contribution in [0.3, 0.4) is 0 Å². The van der Waals surface area contributed by atoms with Crippen LogP contribution < -0.4 is 0 Å². The van der Waals surface area contributed by atoms with Gasteiger partial charge < -0.3 is 0 Å². The Kier molecular flexibility index (Phi) is 11.3. The summed E-state index contributed by atoms with van der Waals surface area (Å²) in [5, 5.41) is 9.53. The lowest BCUT2D eigenvalue weighted by atomic mass is 9.88. The van der Waals surface area contributed by atoms with E-state index in [0.29, 0.717) is 28.9 Å². The highest BCUT2D eigenvalue weighted by molar-refractivity contribution is 5.95. The van der Waals surface area contributed by atoms with Gasteiger partial charge >= 0.3 is 0 Å². The molecule has 68 heavy (non-hydrogen) atoms. The molecule has 318 valence electrons. The molecule has 0 amide bonds. The molecule has 11 rings (SSSR count). The Balaban J connectivity index is 1.02. The van der Waals surface area contributed by atoms with E-state index in [1.807, 2.05) is 115 Å². The highest BCUT2D eigenvalue weighted by Crippen LogP contribution is 2.41. The van der Waals surface area contributed by atoms with Crippen LogP contribution in [0.1, 0.15) is 5.56 Å². The average Bonchev–Trinajstić information content (AvgIpc) is 3.43. The smallest absolute Gasteiger partial charge is 0.164 e. The molecule has 6 heteroatoms. The molecule has 0 saturated carbocycles. The molecule has 2 heterocycles. The molecule has 9 aromatic carbocycles. The van der Waals surface area contributed by atoms with Crippen molar-refractivity contribution in [3.8, 4) is 119 Å². The Hall–Kier alpha value is -9.44. The molecule has 2 aromatic heterocycles. The third kappa shape index (κ3) is 8.59. The lowest BCUT2D eigenvalue weighted by Gasteiger charge is -2.17. The predicted octanol–water partition coefficient (Wildman–Crippen LogP) is 15.2. The van der Waals surface area contributed by atoms with Crippen LogP contribution >= 0.6 is 0 Å². The summed E-state index contributed by atoms with van der Waals surface area (Å²) in [7, 11) is 0. The molecular formula is C62H40N6. The van der Waals surface area contributed by atoms with Gasteiger partial charge in [0.2, 0.25) is 0 Å². The van der Waals surface area contributed by atoms with Crippen LogP contribution in [0.2, 0.25) is 0 Å². The first-order valence-electron chi connectivity index (χ1n) is 22.5. The molecule has 0 aliphatic carbocycles. The van der Waals surface area contributed by atoms with Gasteiger partial charge in [-0.15, -0.1) is 0 Å². The van der Waals surface area contributed by atoms with E-state index in [1.54, 1.807) is 0 Å². The van der Waals surface area contributed by atoms with Crippen LogP contribution in [-0.4, -0.2) is 24.9 Å². The quantitative estimate of drug-likeness (QED) is 0.136. The Morgan fingerprint density at radius 2 is 0.632 bits per heavy atom. The summed E-state index contributed by atoms with van der Waals surface area (Å²) in [4.78, 5) is 25.7. The zero-order chi connectivity index (χ0) is 45.7. The number of nitrogens with zero attached hydrogens (tertiary/aromatic N) is 6. The summed E-state index contributed by atoms with van der Waals surface area (Å²) >= 11 is 0. The Bertz CT molecular complexity index is 3550. The molecule has 0 atom stereocenters. The van der Waals surface area contributed by atoms with Gasteiger partial charge in [0.25, 0.3) is 0 Å². The standard InChI is InChI=1S/C62H40N6/c63-41-42-17-13-26-49(37-42)50-27-14-28-51(38-50)52-29-15-30-53(39-52)62-67-60(47-24-11-4-12-25-47)66-61(68-62)48-35-33-45(34-36-48)58-54(43-18-5-1-6-19-43)31-16-32-55(58)57-40-56(44-20-7-2-8-21-44)64-59(65-57)46-22-9-3-10-23-46/h1-40H. The van der Waals surface area contributed by atoms with E-state index >= 15 is 0 Å². The Labute approximate surface area is 395 Å². The van der Waals surface area contributed by atoms with E-state index in [2.05, 4.69) is 133 Å². The van der Waals surface area contributed by atoms with Crippen molar-refractivity contribution in [1.29, 1.82) is 5.26 Å². The van der Waals surface area contributed by atoms with E-state index in [9.17, 15) is 5.26 Å². The largest absolute Gasteiger partial charge is 0.228 e.